The zero-order valence-electron chi connectivity index (χ0n) is 19.2. The van der Waals surface area contributed by atoms with E-state index in [1.54, 1.807) is 22.4 Å². The number of thiophene rings is 1. The van der Waals surface area contributed by atoms with Gasteiger partial charge in [0.2, 0.25) is 5.91 Å². The highest BCUT2D eigenvalue weighted by molar-refractivity contribution is 7.91. The smallest absolute Gasteiger partial charge is 0.252 e. The maximum atomic E-state index is 13.9. The van der Waals surface area contributed by atoms with E-state index in [-0.39, 0.29) is 18.6 Å². The summed E-state index contributed by atoms with van der Waals surface area (Å²) in [6.45, 7) is 3.92. The van der Waals surface area contributed by atoms with E-state index in [1.807, 2.05) is 6.07 Å². The molecule has 7 nitrogen and oxygen atoms in total. The van der Waals surface area contributed by atoms with Crippen LogP contribution >= 0.6 is 22.7 Å². The van der Waals surface area contributed by atoms with E-state index < -0.39 is 15.9 Å². The van der Waals surface area contributed by atoms with Crippen molar-refractivity contribution in [3.05, 3.63) is 41.3 Å². The number of hydrogen-bond donors (Lipinski definition) is 0. The fraction of sp³-hybridized carbons (Fsp3) is 0.500. The topological polar surface area (TPSA) is 79.8 Å². The van der Waals surface area contributed by atoms with Gasteiger partial charge in [0.1, 0.15) is 4.21 Å². The van der Waals surface area contributed by atoms with Gasteiger partial charge in [0, 0.05) is 19.7 Å². The molecule has 2 fully saturated rings. The Morgan fingerprint density at radius 3 is 2.88 bits per heavy atom. The third-order valence-corrected chi connectivity index (χ3v) is 10.9. The second-order valence-corrected chi connectivity index (χ2v) is 13.0. The maximum Gasteiger partial charge on any atom is 0.252 e. The third kappa shape index (κ3) is 4.79. The number of anilines is 1. The van der Waals surface area contributed by atoms with E-state index in [9.17, 15) is 13.2 Å². The van der Waals surface area contributed by atoms with Gasteiger partial charge in [0.15, 0.2) is 5.13 Å². The molecule has 4 heterocycles. The van der Waals surface area contributed by atoms with Gasteiger partial charge >= 0.3 is 0 Å². The Labute approximate surface area is 208 Å². The normalized spacial score (nSPS) is 21.8. The summed E-state index contributed by atoms with van der Waals surface area (Å²) < 4.78 is 34.9. The number of sulfonamides is 1. The van der Waals surface area contributed by atoms with Gasteiger partial charge in [-0.15, -0.1) is 11.3 Å². The SMILES string of the molecule is CCc1ccc2nc(N(CC3CCCO3)C(=O)C3CCCN(S(=O)(=O)c4cccs4)C3)sc2c1. The van der Waals surface area contributed by atoms with Crippen molar-refractivity contribution in [1.29, 1.82) is 0 Å². The molecule has 1 aromatic carbocycles. The second-order valence-electron chi connectivity index (χ2n) is 8.87. The van der Waals surface area contributed by atoms with Crippen molar-refractivity contribution in [3.8, 4) is 0 Å². The zero-order valence-corrected chi connectivity index (χ0v) is 21.6. The number of aromatic nitrogens is 1. The first-order chi connectivity index (χ1) is 16.5. The molecule has 2 aliphatic rings. The van der Waals surface area contributed by atoms with Crippen LogP contribution in [0.1, 0.15) is 38.2 Å². The molecule has 2 unspecified atom stereocenters. The molecule has 2 atom stereocenters. The van der Waals surface area contributed by atoms with Gasteiger partial charge in [-0.25, -0.2) is 13.4 Å². The van der Waals surface area contributed by atoms with E-state index in [4.69, 9.17) is 9.72 Å². The summed E-state index contributed by atoms with van der Waals surface area (Å²) >= 11 is 2.74. The fourth-order valence-electron chi connectivity index (χ4n) is 4.67. The lowest BCUT2D eigenvalue weighted by Gasteiger charge is -2.34. The number of fused-ring (bicyclic) bond motifs is 1. The molecule has 1 amide bonds. The highest BCUT2D eigenvalue weighted by atomic mass is 32.2. The summed E-state index contributed by atoms with van der Waals surface area (Å²) in [4.78, 5) is 20.4. The van der Waals surface area contributed by atoms with Crippen molar-refractivity contribution in [3.63, 3.8) is 0 Å². The molecule has 2 aromatic heterocycles. The van der Waals surface area contributed by atoms with Crippen LogP contribution in [0.15, 0.2) is 39.9 Å². The lowest BCUT2D eigenvalue weighted by Crippen LogP contribution is -2.48. The molecule has 0 N–H and O–H groups in total. The molecular formula is C24H29N3O4S3. The summed E-state index contributed by atoms with van der Waals surface area (Å²) in [5, 5.41) is 2.43. The van der Waals surface area contributed by atoms with E-state index in [2.05, 4.69) is 19.1 Å². The van der Waals surface area contributed by atoms with Gasteiger partial charge in [0.25, 0.3) is 10.0 Å². The van der Waals surface area contributed by atoms with Crippen LogP contribution in [0.5, 0.6) is 0 Å². The highest BCUT2D eigenvalue weighted by Crippen LogP contribution is 2.34. The number of ether oxygens (including phenoxy) is 1. The zero-order chi connectivity index (χ0) is 23.7. The molecule has 5 rings (SSSR count). The number of nitrogens with zero attached hydrogens (tertiary/aromatic N) is 3. The van der Waals surface area contributed by atoms with Crippen molar-refractivity contribution < 1.29 is 17.9 Å². The summed E-state index contributed by atoms with van der Waals surface area (Å²) in [5.74, 6) is -0.459. The number of aryl methyl sites for hydroxylation is 1. The van der Waals surface area contributed by atoms with E-state index in [0.717, 1.165) is 29.5 Å². The fourth-order valence-corrected chi connectivity index (χ4v) is 8.38. The van der Waals surface area contributed by atoms with Crippen LogP contribution in [-0.2, 0) is 26.0 Å². The number of carbonyl (C=O) groups is 1. The van der Waals surface area contributed by atoms with Gasteiger partial charge in [-0.1, -0.05) is 30.4 Å². The lowest BCUT2D eigenvalue weighted by atomic mass is 9.98. The van der Waals surface area contributed by atoms with Crippen LogP contribution in [0.4, 0.5) is 5.13 Å². The number of piperidine rings is 1. The van der Waals surface area contributed by atoms with Crippen molar-refractivity contribution in [2.75, 3.05) is 31.1 Å². The van der Waals surface area contributed by atoms with Crippen LogP contribution in [0.25, 0.3) is 10.2 Å². The van der Waals surface area contributed by atoms with Crippen LogP contribution in [0, 0.1) is 5.92 Å². The molecule has 10 heteroatoms. The van der Waals surface area contributed by atoms with Crippen molar-refractivity contribution in [2.45, 2.75) is 49.3 Å². The van der Waals surface area contributed by atoms with E-state index in [1.165, 1.54) is 32.5 Å². The standard InChI is InChI=1S/C24H29N3O4S3/c1-2-17-9-10-20-21(14-17)33-24(25-20)27(16-19-7-4-12-31-19)23(28)18-6-3-11-26(15-18)34(29,30)22-8-5-13-32-22/h5,8-10,13-14,18-19H,2-4,6-7,11-12,15-16H2,1H3. The van der Waals surface area contributed by atoms with Crippen molar-refractivity contribution in [2.24, 2.45) is 5.92 Å². The summed E-state index contributed by atoms with van der Waals surface area (Å²) in [5.41, 5.74) is 2.12. The molecule has 2 saturated heterocycles. The van der Waals surface area contributed by atoms with Crippen LogP contribution in [-0.4, -0.2) is 56.0 Å². The first-order valence-electron chi connectivity index (χ1n) is 11.8. The summed E-state index contributed by atoms with van der Waals surface area (Å²) in [6.07, 6.45) is 4.16. The van der Waals surface area contributed by atoms with Gasteiger partial charge in [0.05, 0.1) is 28.8 Å². The Kier molecular flexibility index (Phi) is 7.04. The number of carbonyl (C=O) groups excluding carboxylic acids is 1. The Bertz CT molecular complexity index is 1250. The molecule has 0 aliphatic carbocycles. The predicted molar refractivity (Wildman–Crippen MR) is 136 cm³/mol. The largest absolute Gasteiger partial charge is 0.376 e. The molecule has 182 valence electrons. The molecule has 3 aromatic rings. The Balaban J connectivity index is 1.42. The van der Waals surface area contributed by atoms with Gasteiger partial charge < -0.3 is 4.74 Å². The average Bonchev–Trinajstić information content (AvgIpc) is 3.63. The van der Waals surface area contributed by atoms with Crippen molar-refractivity contribution >= 4 is 54.0 Å². The minimum absolute atomic E-state index is 0.0169. The predicted octanol–water partition coefficient (Wildman–Crippen LogP) is 4.53. The Morgan fingerprint density at radius 2 is 2.15 bits per heavy atom. The molecular weight excluding hydrogens is 490 g/mol. The monoisotopic (exact) mass is 519 g/mol. The first kappa shape index (κ1) is 23.9. The van der Waals surface area contributed by atoms with Crippen molar-refractivity contribution in [1.82, 2.24) is 9.29 Å². The minimum Gasteiger partial charge on any atom is -0.376 e. The minimum atomic E-state index is -3.58. The molecule has 34 heavy (non-hydrogen) atoms. The maximum absolute atomic E-state index is 13.9. The molecule has 0 spiro atoms. The van der Waals surface area contributed by atoms with Gasteiger partial charge in [-0.3, -0.25) is 9.69 Å². The molecule has 0 saturated carbocycles. The van der Waals surface area contributed by atoms with Gasteiger partial charge in [-0.2, -0.15) is 4.31 Å². The third-order valence-electron chi connectivity index (χ3n) is 6.58. The lowest BCUT2D eigenvalue weighted by molar-refractivity contribution is -0.123. The quantitative estimate of drug-likeness (QED) is 0.458. The number of hydrogen-bond acceptors (Lipinski definition) is 7. The molecule has 0 radical (unpaired) electrons. The number of rotatable bonds is 7. The summed E-state index contributed by atoms with van der Waals surface area (Å²) in [7, 11) is -3.58. The first-order valence-corrected chi connectivity index (χ1v) is 15.0. The molecule has 2 aliphatic heterocycles. The van der Waals surface area contributed by atoms with Crippen LogP contribution in [0.2, 0.25) is 0 Å². The summed E-state index contributed by atoms with van der Waals surface area (Å²) in [6, 6.07) is 9.60. The number of thiazole rings is 1. The average molecular weight is 520 g/mol. The van der Waals surface area contributed by atoms with Crippen LogP contribution < -0.4 is 4.90 Å². The number of amides is 1. The van der Waals surface area contributed by atoms with E-state index >= 15 is 0 Å². The van der Waals surface area contributed by atoms with Crippen LogP contribution in [0.3, 0.4) is 0 Å². The number of benzene rings is 1. The second kappa shape index (κ2) is 10.0. The Morgan fingerprint density at radius 1 is 1.26 bits per heavy atom. The molecule has 0 bridgehead atoms. The Hall–Kier alpha value is -1.85. The van der Waals surface area contributed by atoms with E-state index in [0.29, 0.717) is 41.9 Å². The highest BCUT2D eigenvalue weighted by Gasteiger charge is 2.37. The van der Waals surface area contributed by atoms with Gasteiger partial charge in [-0.05, 0) is 61.2 Å².